The maximum atomic E-state index is 13.5. The van der Waals surface area contributed by atoms with Crippen LogP contribution in [0.4, 0.5) is 5.69 Å². The molecule has 7 nitrogen and oxygen atoms in total. The van der Waals surface area contributed by atoms with E-state index in [1.54, 1.807) is 35.7 Å². The molecule has 8 heteroatoms. The molecule has 1 saturated carbocycles. The van der Waals surface area contributed by atoms with E-state index in [1.165, 1.54) is 22.5 Å². The molecule has 3 aromatic rings. The highest BCUT2D eigenvalue weighted by atomic mass is 32.1. The summed E-state index contributed by atoms with van der Waals surface area (Å²) in [4.78, 5) is 41.4. The van der Waals surface area contributed by atoms with Crippen molar-refractivity contribution < 1.29 is 18.8 Å². The molecule has 0 saturated heterocycles. The van der Waals surface area contributed by atoms with Gasteiger partial charge in [-0.3, -0.25) is 19.3 Å². The third-order valence-electron chi connectivity index (χ3n) is 5.81. The number of rotatable bonds is 8. The molecule has 1 unspecified atom stereocenters. The Hall–Kier alpha value is -3.39. The van der Waals surface area contributed by atoms with Crippen molar-refractivity contribution in [1.82, 2.24) is 10.6 Å². The molecular formula is C25H27N3O4S. The first-order chi connectivity index (χ1) is 16.0. The first kappa shape index (κ1) is 22.8. The van der Waals surface area contributed by atoms with Crippen molar-refractivity contribution in [3.63, 3.8) is 0 Å². The Balaban J connectivity index is 1.65. The first-order valence-electron chi connectivity index (χ1n) is 11.1. The van der Waals surface area contributed by atoms with Gasteiger partial charge < -0.3 is 15.1 Å². The number of thiophene rings is 1. The van der Waals surface area contributed by atoms with E-state index in [1.807, 2.05) is 25.1 Å². The number of carbonyl (C=O) groups is 3. The van der Waals surface area contributed by atoms with Gasteiger partial charge in [0.05, 0.1) is 17.7 Å². The lowest BCUT2D eigenvalue weighted by Crippen LogP contribution is -2.49. The second-order valence-electron chi connectivity index (χ2n) is 8.12. The number of benzene rings is 1. The number of aryl methyl sites for hydroxylation is 1. The second kappa shape index (κ2) is 10.5. The summed E-state index contributed by atoms with van der Waals surface area (Å²) in [6, 6.07) is 13.3. The van der Waals surface area contributed by atoms with Crippen LogP contribution in [0.5, 0.6) is 0 Å². The van der Waals surface area contributed by atoms with Gasteiger partial charge in [0.2, 0.25) is 5.91 Å². The van der Waals surface area contributed by atoms with Crippen molar-refractivity contribution in [2.24, 2.45) is 0 Å². The predicted octanol–water partition coefficient (Wildman–Crippen LogP) is 4.21. The predicted molar refractivity (Wildman–Crippen MR) is 127 cm³/mol. The van der Waals surface area contributed by atoms with Crippen LogP contribution in [0.25, 0.3) is 0 Å². The molecule has 0 spiro atoms. The number of hydrogen-bond acceptors (Lipinski definition) is 5. The van der Waals surface area contributed by atoms with Crippen molar-refractivity contribution in [2.75, 3.05) is 11.4 Å². The monoisotopic (exact) mass is 465 g/mol. The Kier molecular flexibility index (Phi) is 7.24. The summed E-state index contributed by atoms with van der Waals surface area (Å²) in [5, 5.41) is 7.59. The molecule has 172 valence electrons. The zero-order chi connectivity index (χ0) is 23.2. The Morgan fingerprint density at radius 3 is 2.55 bits per heavy atom. The summed E-state index contributed by atoms with van der Waals surface area (Å²) in [6.07, 6.45) is 5.49. The van der Waals surface area contributed by atoms with Gasteiger partial charge in [-0.15, -0.1) is 11.3 Å². The van der Waals surface area contributed by atoms with E-state index in [9.17, 15) is 14.4 Å². The quantitative estimate of drug-likeness (QED) is 0.521. The maximum absolute atomic E-state index is 13.5. The van der Waals surface area contributed by atoms with Gasteiger partial charge in [-0.1, -0.05) is 37.1 Å². The van der Waals surface area contributed by atoms with Gasteiger partial charge in [-0.05, 0) is 55.0 Å². The van der Waals surface area contributed by atoms with Crippen molar-refractivity contribution in [3.8, 4) is 0 Å². The number of carbonyl (C=O) groups excluding carboxylic acids is 3. The topological polar surface area (TPSA) is 91.7 Å². The van der Waals surface area contributed by atoms with Crippen molar-refractivity contribution in [2.45, 2.75) is 44.7 Å². The number of anilines is 1. The molecule has 2 N–H and O–H groups in total. The van der Waals surface area contributed by atoms with E-state index in [0.29, 0.717) is 16.3 Å². The van der Waals surface area contributed by atoms with Crippen LogP contribution in [0.15, 0.2) is 64.6 Å². The van der Waals surface area contributed by atoms with E-state index < -0.39 is 11.9 Å². The Bertz CT molecular complexity index is 1090. The highest BCUT2D eigenvalue weighted by Crippen LogP contribution is 2.31. The van der Waals surface area contributed by atoms with Crippen molar-refractivity contribution >= 4 is 34.7 Å². The molecule has 1 atom stereocenters. The lowest BCUT2D eigenvalue weighted by molar-refractivity contribution is -0.127. The van der Waals surface area contributed by atoms with Crippen molar-refractivity contribution in [3.05, 3.63) is 76.4 Å². The maximum Gasteiger partial charge on any atom is 0.261 e. The summed E-state index contributed by atoms with van der Waals surface area (Å²) in [5.74, 6) is -0.657. The number of hydrogen-bond donors (Lipinski definition) is 2. The molecular weight excluding hydrogens is 438 g/mol. The van der Waals surface area contributed by atoms with Crippen LogP contribution in [-0.2, 0) is 9.59 Å². The molecule has 1 aliphatic rings. The van der Waals surface area contributed by atoms with Crippen LogP contribution >= 0.6 is 11.3 Å². The average Bonchev–Trinajstić information content (AvgIpc) is 3.59. The van der Waals surface area contributed by atoms with Gasteiger partial charge in [0.25, 0.3) is 11.8 Å². The lowest BCUT2D eigenvalue weighted by Gasteiger charge is -2.32. The van der Waals surface area contributed by atoms with Gasteiger partial charge in [0, 0.05) is 11.7 Å². The molecule has 3 amide bonds. The smallest absolute Gasteiger partial charge is 0.261 e. The van der Waals surface area contributed by atoms with Crippen LogP contribution < -0.4 is 15.5 Å². The minimum atomic E-state index is -0.993. The number of para-hydroxylation sites is 1. The lowest BCUT2D eigenvalue weighted by atomic mass is 10.1. The average molecular weight is 466 g/mol. The standard InChI is InChI=1S/C25H27N3O4S/c1-17-8-2-5-11-19(17)28(22(29)16-26-24(30)21-13-7-15-33-21)23(20-12-6-14-32-20)25(31)27-18-9-3-4-10-18/h2,5-8,11-15,18,23H,3-4,9-10,16H2,1H3,(H,26,30)(H,27,31). The molecule has 2 aromatic heterocycles. The highest BCUT2D eigenvalue weighted by molar-refractivity contribution is 7.12. The van der Waals surface area contributed by atoms with E-state index >= 15 is 0 Å². The van der Waals surface area contributed by atoms with Crippen LogP contribution in [-0.4, -0.2) is 30.3 Å². The molecule has 2 heterocycles. The molecule has 33 heavy (non-hydrogen) atoms. The van der Waals surface area contributed by atoms with E-state index in [2.05, 4.69) is 10.6 Å². The number of nitrogens with one attached hydrogen (secondary N) is 2. The van der Waals surface area contributed by atoms with Gasteiger partial charge in [0.1, 0.15) is 5.76 Å². The van der Waals surface area contributed by atoms with Gasteiger partial charge in [-0.25, -0.2) is 0 Å². The fraction of sp³-hybridized carbons (Fsp3) is 0.320. The van der Waals surface area contributed by atoms with E-state index in [4.69, 9.17) is 4.42 Å². The third-order valence-corrected chi connectivity index (χ3v) is 6.68. The normalized spacial score (nSPS) is 14.6. The Labute approximate surface area is 196 Å². The first-order valence-corrected chi connectivity index (χ1v) is 12.0. The SMILES string of the molecule is Cc1ccccc1N(C(=O)CNC(=O)c1cccs1)C(C(=O)NC1CCCC1)c1ccco1. The third kappa shape index (κ3) is 5.34. The molecule has 1 aliphatic carbocycles. The molecule has 4 rings (SSSR count). The minimum Gasteiger partial charge on any atom is -0.467 e. The van der Waals surface area contributed by atoms with Crippen molar-refractivity contribution in [1.29, 1.82) is 0 Å². The zero-order valence-corrected chi connectivity index (χ0v) is 19.3. The molecule has 0 radical (unpaired) electrons. The van der Waals surface area contributed by atoms with Gasteiger partial charge in [0.15, 0.2) is 6.04 Å². The number of amides is 3. The highest BCUT2D eigenvalue weighted by Gasteiger charge is 2.36. The van der Waals surface area contributed by atoms with Crippen LogP contribution in [0, 0.1) is 6.92 Å². The molecule has 1 fully saturated rings. The molecule has 0 bridgehead atoms. The molecule has 1 aromatic carbocycles. The van der Waals surface area contributed by atoms with Gasteiger partial charge >= 0.3 is 0 Å². The largest absolute Gasteiger partial charge is 0.467 e. The summed E-state index contributed by atoms with van der Waals surface area (Å²) >= 11 is 1.30. The second-order valence-corrected chi connectivity index (χ2v) is 9.07. The van der Waals surface area contributed by atoms with Crippen LogP contribution in [0.3, 0.4) is 0 Å². The number of nitrogens with zero attached hydrogens (tertiary/aromatic N) is 1. The number of furan rings is 1. The fourth-order valence-electron chi connectivity index (χ4n) is 4.16. The Morgan fingerprint density at radius 1 is 1.09 bits per heavy atom. The minimum absolute atomic E-state index is 0.0855. The van der Waals surface area contributed by atoms with Crippen LogP contribution in [0.1, 0.15) is 52.7 Å². The zero-order valence-electron chi connectivity index (χ0n) is 18.5. The fourth-order valence-corrected chi connectivity index (χ4v) is 4.80. The van der Waals surface area contributed by atoms with E-state index in [0.717, 1.165) is 31.2 Å². The summed E-state index contributed by atoms with van der Waals surface area (Å²) in [6.45, 7) is 1.63. The summed E-state index contributed by atoms with van der Waals surface area (Å²) < 4.78 is 5.62. The van der Waals surface area contributed by atoms with Crippen LogP contribution in [0.2, 0.25) is 0 Å². The van der Waals surface area contributed by atoms with E-state index in [-0.39, 0.29) is 24.4 Å². The summed E-state index contributed by atoms with van der Waals surface area (Å²) in [7, 11) is 0. The molecule has 0 aliphatic heterocycles. The van der Waals surface area contributed by atoms with Gasteiger partial charge in [-0.2, -0.15) is 0 Å². The Morgan fingerprint density at radius 2 is 1.88 bits per heavy atom. The summed E-state index contributed by atoms with van der Waals surface area (Å²) in [5.41, 5.74) is 1.43.